The largest absolute Gasteiger partial charge is 0.333 e. The molecule has 2 atom stereocenters. The van der Waals surface area contributed by atoms with Crippen molar-refractivity contribution in [3.63, 3.8) is 0 Å². The van der Waals surface area contributed by atoms with E-state index in [9.17, 15) is 4.79 Å². The van der Waals surface area contributed by atoms with Gasteiger partial charge in [-0.05, 0) is 55.1 Å². The average molecular weight is 332 g/mol. The first kappa shape index (κ1) is 13.8. The maximum atomic E-state index is 12.6. The SMILES string of the molecule is C[C@@H]1CCC[C@@H](C)N1C(=O)c1cc(Br)cnc1Cl. The van der Waals surface area contributed by atoms with Crippen molar-refractivity contribution in [1.29, 1.82) is 0 Å². The monoisotopic (exact) mass is 330 g/mol. The molecular formula is C13H16BrClN2O. The van der Waals surface area contributed by atoms with Gasteiger partial charge in [0.05, 0.1) is 5.56 Å². The van der Waals surface area contributed by atoms with Crippen LogP contribution in [0.15, 0.2) is 16.7 Å². The maximum Gasteiger partial charge on any atom is 0.257 e. The highest BCUT2D eigenvalue weighted by Gasteiger charge is 2.30. The Kier molecular flexibility index (Phi) is 4.28. The van der Waals surface area contributed by atoms with Crippen molar-refractivity contribution < 1.29 is 4.79 Å². The second kappa shape index (κ2) is 5.57. The van der Waals surface area contributed by atoms with Gasteiger partial charge in [0.2, 0.25) is 0 Å². The summed E-state index contributed by atoms with van der Waals surface area (Å²) in [4.78, 5) is 18.5. The number of hydrogen-bond acceptors (Lipinski definition) is 2. The number of aromatic nitrogens is 1. The van der Waals surface area contributed by atoms with Crippen molar-refractivity contribution in [2.45, 2.75) is 45.2 Å². The van der Waals surface area contributed by atoms with Crippen LogP contribution < -0.4 is 0 Å². The van der Waals surface area contributed by atoms with E-state index in [1.54, 1.807) is 12.3 Å². The third-order valence-corrected chi connectivity index (χ3v) is 4.20. The summed E-state index contributed by atoms with van der Waals surface area (Å²) >= 11 is 9.35. The predicted octanol–water partition coefficient (Wildman–Crippen LogP) is 3.90. The molecule has 0 saturated carbocycles. The van der Waals surface area contributed by atoms with E-state index in [-0.39, 0.29) is 23.1 Å². The van der Waals surface area contributed by atoms with Crippen LogP contribution in [0.4, 0.5) is 0 Å². The van der Waals surface area contributed by atoms with Gasteiger partial charge >= 0.3 is 0 Å². The van der Waals surface area contributed by atoms with Crippen LogP contribution in [0.25, 0.3) is 0 Å². The van der Waals surface area contributed by atoms with Crippen LogP contribution in [-0.4, -0.2) is 27.9 Å². The fourth-order valence-corrected chi connectivity index (χ4v) is 3.05. The Labute approximate surface area is 121 Å². The number of hydrogen-bond donors (Lipinski definition) is 0. The molecule has 1 aromatic heterocycles. The van der Waals surface area contributed by atoms with Gasteiger partial charge in [-0.3, -0.25) is 4.79 Å². The summed E-state index contributed by atoms with van der Waals surface area (Å²) in [5, 5.41) is 0.271. The molecule has 0 spiro atoms. The highest BCUT2D eigenvalue weighted by Crippen LogP contribution is 2.27. The number of pyridine rings is 1. The van der Waals surface area contributed by atoms with Gasteiger partial charge in [0.15, 0.2) is 0 Å². The van der Waals surface area contributed by atoms with E-state index in [2.05, 4.69) is 34.8 Å². The molecule has 1 aliphatic rings. The molecule has 0 unspecified atom stereocenters. The summed E-state index contributed by atoms with van der Waals surface area (Å²) in [7, 11) is 0. The molecule has 1 amide bonds. The fraction of sp³-hybridized carbons (Fsp3) is 0.538. The van der Waals surface area contributed by atoms with Gasteiger partial charge in [-0.2, -0.15) is 0 Å². The molecule has 18 heavy (non-hydrogen) atoms. The van der Waals surface area contributed by atoms with Gasteiger partial charge in [-0.15, -0.1) is 0 Å². The molecule has 0 aliphatic carbocycles. The molecule has 2 rings (SSSR count). The standard InChI is InChI=1S/C13H16BrClN2O/c1-8-4-3-5-9(2)17(8)13(18)11-6-10(14)7-16-12(11)15/h6-9H,3-5H2,1-2H3/t8-,9-/m1/s1. The van der Waals surface area contributed by atoms with Crippen molar-refractivity contribution in [3.05, 3.63) is 27.5 Å². The maximum absolute atomic E-state index is 12.6. The molecule has 0 radical (unpaired) electrons. The van der Waals surface area contributed by atoms with Gasteiger partial charge in [0, 0.05) is 22.8 Å². The smallest absolute Gasteiger partial charge is 0.257 e. The lowest BCUT2D eigenvalue weighted by atomic mass is 9.96. The van der Waals surface area contributed by atoms with Crippen molar-refractivity contribution in [1.82, 2.24) is 9.88 Å². The van der Waals surface area contributed by atoms with E-state index in [1.807, 2.05) is 4.90 Å². The van der Waals surface area contributed by atoms with Crippen molar-refractivity contribution in [2.75, 3.05) is 0 Å². The first-order chi connectivity index (χ1) is 8.50. The molecule has 1 fully saturated rings. The Bertz CT molecular complexity index is 456. The molecule has 2 heterocycles. The van der Waals surface area contributed by atoms with Crippen molar-refractivity contribution in [2.24, 2.45) is 0 Å². The lowest BCUT2D eigenvalue weighted by Gasteiger charge is -2.39. The van der Waals surface area contributed by atoms with E-state index in [1.165, 1.54) is 6.42 Å². The number of amides is 1. The van der Waals surface area contributed by atoms with E-state index < -0.39 is 0 Å². The quantitative estimate of drug-likeness (QED) is 0.731. The Morgan fingerprint density at radius 2 is 2.06 bits per heavy atom. The zero-order chi connectivity index (χ0) is 13.3. The normalized spacial score (nSPS) is 24.1. The molecule has 1 saturated heterocycles. The number of halogens is 2. The van der Waals surface area contributed by atoms with Crippen LogP contribution in [0.2, 0.25) is 5.15 Å². The van der Waals surface area contributed by atoms with Crippen LogP contribution in [0, 0.1) is 0 Å². The number of carbonyl (C=O) groups is 1. The summed E-state index contributed by atoms with van der Waals surface area (Å²) in [6.07, 6.45) is 4.88. The molecule has 1 aliphatic heterocycles. The van der Waals surface area contributed by atoms with Crippen LogP contribution >= 0.6 is 27.5 Å². The first-order valence-corrected chi connectivity index (χ1v) is 7.31. The lowest BCUT2D eigenvalue weighted by Crippen LogP contribution is -2.47. The number of nitrogens with zero attached hydrogens (tertiary/aromatic N) is 2. The van der Waals surface area contributed by atoms with Gasteiger partial charge < -0.3 is 4.90 Å². The minimum atomic E-state index is -0.0199. The zero-order valence-corrected chi connectivity index (χ0v) is 12.8. The molecule has 1 aromatic rings. The second-order valence-corrected chi connectivity index (χ2v) is 6.11. The fourth-order valence-electron chi connectivity index (χ4n) is 2.53. The Hall–Kier alpha value is -0.610. The van der Waals surface area contributed by atoms with Crippen LogP contribution in [0.3, 0.4) is 0 Å². The summed E-state index contributed by atoms with van der Waals surface area (Å²) in [6, 6.07) is 2.26. The molecule has 5 heteroatoms. The number of likely N-dealkylation sites (tertiary alicyclic amines) is 1. The number of carbonyl (C=O) groups excluding carboxylic acids is 1. The highest BCUT2D eigenvalue weighted by atomic mass is 79.9. The van der Waals surface area contributed by atoms with Gasteiger partial charge in [0.25, 0.3) is 5.91 Å². The Morgan fingerprint density at radius 1 is 1.44 bits per heavy atom. The average Bonchev–Trinajstić information content (AvgIpc) is 2.32. The number of piperidine rings is 1. The van der Waals surface area contributed by atoms with Crippen LogP contribution in [-0.2, 0) is 0 Å². The molecule has 3 nitrogen and oxygen atoms in total. The third-order valence-electron chi connectivity index (χ3n) is 3.46. The molecular weight excluding hydrogens is 316 g/mol. The van der Waals surface area contributed by atoms with Gasteiger partial charge in [-0.25, -0.2) is 4.98 Å². The van der Waals surface area contributed by atoms with Gasteiger partial charge in [0.1, 0.15) is 5.15 Å². The van der Waals surface area contributed by atoms with Crippen molar-refractivity contribution >= 4 is 33.4 Å². The second-order valence-electron chi connectivity index (χ2n) is 4.83. The lowest BCUT2D eigenvalue weighted by molar-refractivity contribution is 0.0510. The van der Waals surface area contributed by atoms with Crippen LogP contribution in [0.1, 0.15) is 43.5 Å². The van der Waals surface area contributed by atoms with E-state index in [4.69, 9.17) is 11.6 Å². The Balaban J connectivity index is 2.32. The molecule has 0 aromatic carbocycles. The van der Waals surface area contributed by atoms with E-state index in [0.29, 0.717) is 5.56 Å². The van der Waals surface area contributed by atoms with E-state index >= 15 is 0 Å². The Morgan fingerprint density at radius 3 is 2.67 bits per heavy atom. The highest BCUT2D eigenvalue weighted by molar-refractivity contribution is 9.10. The summed E-state index contributed by atoms with van der Waals surface area (Å²) < 4.78 is 0.771. The third kappa shape index (κ3) is 2.69. The predicted molar refractivity (Wildman–Crippen MR) is 75.9 cm³/mol. The zero-order valence-electron chi connectivity index (χ0n) is 10.5. The summed E-state index contributed by atoms with van der Waals surface area (Å²) in [5.41, 5.74) is 0.478. The van der Waals surface area contributed by atoms with Crippen LogP contribution in [0.5, 0.6) is 0 Å². The number of rotatable bonds is 1. The molecule has 0 bridgehead atoms. The van der Waals surface area contributed by atoms with E-state index in [0.717, 1.165) is 17.3 Å². The summed E-state index contributed by atoms with van der Waals surface area (Å²) in [6.45, 7) is 4.18. The first-order valence-electron chi connectivity index (χ1n) is 6.14. The molecule has 98 valence electrons. The molecule has 0 N–H and O–H groups in total. The topological polar surface area (TPSA) is 33.2 Å². The van der Waals surface area contributed by atoms with Crippen molar-refractivity contribution in [3.8, 4) is 0 Å². The minimum Gasteiger partial charge on any atom is -0.333 e. The summed E-state index contributed by atoms with van der Waals surface area (Å²) in [5.74, 6) is -0.0199. The van der Waals surface area contributed by atoms with Gasteiger partial charge in [-0.1, -0.05) is 11.6 Å². The minimum absolute atomic E-state index is 0.0199.